The lowest BCUT2D eigenvalue weighted by molar-refractivity contribution is 0.0697. The highest BCUT2D eigenvalue weighted by Crippen LogP contribution is 2.63. The Bertz CT molecular complexity index is 798. The van der Waals surface area contributed by atoms with Gasteiger partial charge in [-0.3, -0.25) is 0 Å². The molecule has 2 fully saturated rings. The molecule has 2 saturated carbocycles. The average molecular weight is 319 g/mol. The number of carbonyl (C=O) groups is 1. The molecule has 2 aromatic carbocycles. The highest BCUT2D eigenvalue weighted by molar-refractivity contribution is 5.87. The van der Waals surface area contributed by atoms with E-state index < -0.39 is 5.97 Å². The topological polar surface area (TPSA) is 49.3 Å². The van der Waals surface area contributed by atoms with Gasteiger partial charge in [0.2, 0.25) is 0 Å². The molecule has 2 aliphatic carbocycles. The Morgan fingerprint density at radius 3 is 2.54 bits per heavy atom. The van der Waals surface area contributed by atoms with E-state index in [9.17, 15) is 4.79 Å². The number of anilines is 1. The lowest BCUT2D eigenvalue weighted by Gasteiger charge is -2.43. The first-order valence-electron chi connectivity index (χ1n) is 8.91. The van der Waals surface area contributed by atoms with Crippen molar-refractivity contribution in [1.29, 1.82) is 0 Å². The molecule has 0 amide bonds. The second kappa shape index (κ2) is 5.10. The summed E-state index contributed by atoms with van der Waals surface area (Å²) in [4.78, 5) is 11.1. The van der Waals surface area contributed by atoms with E-state index in [2.05, 4.69) is 29.6 Å². The molecule has 0 unspecified atom stereocenters. The minimum Gasteiger partial charge on any atom is -0.478 e. The van der Waals surface area contributed by atoms with Crippen LogP contribution in [0.1, 0.15) is 52.7 Å². The summed E-state index contributed by atoms with van der Waals surface area (Å²) in [5.41, 5.74) is 4.34. The van der Waals surface area contributed by atoms with Crippen LogP contribution in [0.2, 0.25) is 0 Å². The summed E-state index contributed by atoms with van der Waals surface area (Å²) in [6, 6.07) is 16.5. The summed E-state index contributed by atoms with van der Waals surface area (Å²) in [5, 5.41) is 12.9. The number of fused-ring (bicyclic) bond motifs is 7. The monoisotopic (exact) mass is 319 g/mol. The quantitative estimate of drug-likeness (QED) is 0.845. The molecular formula is C21H21NO2. The minimum atomic E-state index is -0.860. The molecule has 0 aromatic heterocycles. The van der Waals surface area contributed by atoms with Crippen molar-refractivity contribution in [1.82, 2.24) is 0 Å². The standard InChI is InChI=1S/C21H21NO2/c23-21(24)13-7-5-12(6-8-13)20-19-15-10-9-14(11-15)18(19)16-3-1-2-4-17(16)22-20/h1-8,14-15,18-20,22H,9-11H2,(H,23,24)/t14-,15-,18-,19-,20-/m0/s1. The number of aromatic carboxylic acids is 1. The zero-order valence-electron chi connectivity index (χ0n) is 13.5. The summed E-state index contributed by atoms with van der Waals surface area (Å²) in [5.74, 6) is 2.05. The SMILES string of the molecule is O=C(O)c1ccc([C@@H]2Nc3ccccc3[C@@H]3[C@H]4CC[C@@H](C4)[C@@H]32)cc1. The summed E-state index contributed by atoms with van der Waals surface area (Å²) in [6.07, 6.45) is 4.07. The largest absolute Gasteiger partial charge is 0.478 e. The van der Waals surface area contributed by atoms with Gasteiger partial charge in [0.1, 0.15) is 0 Å². The van der Waals surface area contributed by atoms with E-state index in [0.717, 1.165) is 11.8 Å². The van der Waals surface area contributed by atoms with Crippen LogP contribution < -0.4 is 5.32 Å². The van der Waals surface area contributed by atoms with Gasteiger partial charge in [0.05, 0.1) is 11.6 Å². The smallest absolute Gasteiger partial charge is 0.335 e. The fourth-order valence-corrected chi connectivity index (χ4v) is 5.60. The second-order valence-electron chi connectivity index (χ2n) is 7.57. The van der Waals surface area contributed by atoms with Crippen LogP contribution in [0.15, 0.2) is 48.5 Å². The number of rotatable bonds is 2. The van der Waals surface area contributed by atoms with Crippen molar-refractivity contribution in [3.05, 3.63) is 65.2 Å². The molecule has 0 spiro atoms. The first-order chi connectivity index (χ1) is 11.7. The predicted molar refractivity (Wildman–Crippen MR) is 93.3 cm³/mol. The molecule has 1 aliphatic heterocycles. The Labute approximate surface area is 141 Å². The maximum absolute atomic E-state index is 11.1. The molecule has 0 saturated heterocycles. The Kier molecular flexibility index (Phi) is 2.99. The lowest BCUT2D eigenvalue weighted by atomic mass is 9.68. The molecule has 5 atom stereocenters. The fraction of sp³-hybridized carbons (Fsp3) is 0.381. The van der Waals surface area contributed by atoms with Crippen LogP contribution in [-0.4, -0.2) is 11.1 Å². The number of benzene rings is 2. The van der Waals surface area contributed by atoms with Crippen molar-refractivity contribution in [2.45, 2.75) is 31.2 Å². The van der Waals surface area contributed by atoms with Crippen molar-refractivity contribution in [3.8, 4) is 0 Å². The molecule has 5 rings (SSSR count). The zero-order valence-corrected chi connectivity index (χ0v) is 13.5. The molecule has 2 N–H and O–H groups in total. The normalized spacial score (nSPS) is 32.8. The van der Waals surface area contributed by atoms with Crippen molar-refractivity contribution >= 4 is 11.7 Å². The number of para-hydroxylation sites is 1. The van der Waals surface area contributed by atoms with Crippen molar-refractivity contribution < 1.29 is 9.90 Å². The van der Waals surface area contributed by atoms with Gasteiger partial charge < -0.3 is 10.4 Å². The maximum atomic E-state index is 11.1. The molecule has 3 heteroatoms. The molecule has 24 heavy (non-hydrogen) atoms. The van der Waals surface area contributed by atoms with E-state index in [1.54, 1.807) is 12.1 Å². The van der Waals surface area contributed by atoms with Crippen LogP contribution in [0, 0.1) is 17.8 Å². The molecular weight excluding hydrogens is 298 g/mol. The van der Waals surface area contributed by atoms with Gasteiger partial charge in [-0.2, -0.15) is 0 Å². The Hall–Kier alpha value is -2.29. The number of carboxylic acids is 1. The minimum absolute atomic E-state index is 0.294. The van der Waals surface area contributed by atoms with Crippen LogP contribution >= 0.6 is 0 Å². The number of hydrogen-bond acceptors (Lipinski definition) is 2. The highest BCUT2D eigenvalue weighted by atomic mass is 16.4. The van der Waals surface area contributed by atoms with Crippen molar-refractivity contribution in [3.63, 3.8) is 0 Å². The number of hydrogen-bond donors (Lipinski definition) is 2. The van der Waals surface area contributed by atoms with Gasteiger partial charge in [0.25, 0.3) is 0 Å². The Morgan fingerprint density at radius 1 is 1.00 bits per heavy atom. The molecule has 1 heterocycles. The summed E-state index contributed by atoms with van der Waals surface area (Å²) < 4.78 is 0. The third-order valence-corrected chi connectivity index (χ3v) is 6.51. The molecule has 2 bridgehead atoms. The summed E-state index contributed by atoms with van der Waals surface area (Å²) in [7, 11) is 0. The van der Waals surface area contributed by atoms with Gasteiger partial charge in [-0.15, -0.1) is 0 Å². The average Bonchev–Trinajstić information content (AvgIpc) is 3.23. The third-order valence-electron chi connectivity index (χ3n) is 6.51. The molecule has 122 valence electrons. The van der Waals surface area contributed by atoms with Gasteiger partial charge in [0, 0.05) is 5.69 Å². The lowest BCUT2D eigenvalue weighted by Crippen LogP contribution is -2.35. The van der Waals surface area contributed by atoms with E-state index in [-0.39, 0.29) is 0 Å². The first kappa shape index (κ1) is 14.1. The van der Waals surface area contributed by atoms with Crippen molar-refractivity contribution in [2.24, 2.45) is 17.8 Å². The molecule has 3 aliphatic rings. The molecule has 3 nitrogen and oxygen atoms in total. The van der Waals surface area contributed by atoms with Gasteiger partial charge in [-0.1, -0.05) is 30.3 Å². The highest BCUT2D eigenvalue weighted by Gasteiger charge is 2.53. The number of nitrogens with one attached hydrogen (secondary N) is 1. The van der Waals surface area contributed by atoms with Crippen LogP contribution in [0.4, 0.5) is 5.69 Å². The van der Waals surface area contributed by atoms with Gasteiger partial charge >= 0.3 is 5.97 Å². The maximum Gasteiger partial charge on any atom is 0.335 e. The first-order valence-corrected chi connectivity index (χ1v) is 8.91. The van der Waals surface area contributed by atoms with Crippen LogP contribution in [0.5, 0.6) is 0 Å². The van der Waals surface area contributed by atoms with Gasteiger partial charge in [-0.25, -0.2) is 4.79 Å². The van der Waals surface area contributed by atoms with E-state index in [4.69, 9.17) is 5.11 Å². The fourth-order valence-electron chi connectivity index (χ4n) is 5.60. The van der Waals surface area contributed by atoms with Crippen LogP contribution in [0.3, 0.4) is 0 Å². The predicted octanol–water partition coefficient (Wildman–Crippen LogP) is 4.68. The van der Waals surface area contributed by atoms with Crippen LogP contribution in [0.25, 0.3) is 0 Å². The molecule has 2 aromatic rings. The molecule has 0 radical (unpaired) electrons. The second-order valence-corrected chi connectivity index (χ2v) is 7.57. The Balaban J connectivity index is 1.58. The van der Waals surface area contributed by atoms with Gasteiger partial charge in [-0.05, 0) is 72.3 Å². The van der Waals surface area contributed by atoms with E-state index in [1.807, 2.05) is 12.1 Å². The van der Waals surface area contributed by atoms with Crippen molar-refractivity contribution in [2.75, 3.05) is 5.32 Å². The summed E-state index contributed by atoms with van der Waals surface area (Å²) >= 11 is 0. The van der Waals surface area contributed by atoms with E-state index >= 15 is 0 Å². The zero-order chi connectivity index (χ0) is 16.3. The third kappa shape index (κ3) is 1.94. The van der Waals surface area contributed by atoms with E-state index in [0.29, 0.717) is 23.4 Å². The van der Waals surface area contributed by atoms with Gasteiger partial charge in [0.15, 0.2) is 0 Å². The van der Waals surface area contributed by atoms with Crippen LogP contribution in [-0.2, 0) is 0 Å². The van der Waals surface area contributed by atoms with E-state index in [1.165, 1.54) is 36.1 Å². The summed E-state index contributed by atoms with van der Waals surface area (Å²) in [6.45, 7) is 0. The Morgan fingerprint density at radius 2 is 1.75 bits per heavy atom. The number of carboxylic acid groups (broad SMARTS) is 1.